The van der Waals surface area contributed by atoms with Crippen LogP contribution in [0.5, 0.6) is 0 Å². The third kappa shape index (κ3) is 3.14. The summed E-state index contributed by atoms with van der Waals surface area (Å²) in [5.74, 6) is 0.370. The number of aryl methyl sites for hydroxylation is 2. The molecule has 1 aliphatic carbocycles. The van der Waals surface area contributed by atoms with E-state index in [0.29, 0.717) is 0 Å². The molecule has 22 heavy (non-hydrogen) atoms. The van der Waals surface area contributed by atoms with Crippen molar-refractivity contribution >= 4 is 23.0 Å². The predicted octanol–water partition coefficient (Wildman–Crippen LogP) is 4.79. The van der Waals surface area contributed by atoms with Crippen molar-refractivity contribution in [1.82, 2.24) is 0 Å². The van der Waals surface area contributed by atoms with E-state index in [0.717, 1.165) is 29.9 Å². The zero-order chi connectivity index (χ0) is 15.5. The summed E-state index contributed by atoms with van der Waals surface area (Å²) in [4.78, 5) is 11.9. The molecule has 1 aliphatic rings. The number of hydrogen-bond acceptors (Lipinski definition) is 2. The molecule has 0 aliphatic heterocycles. The first-order valence-electron chi connectivity index (χ1n) is 7.87. The van der Waals surface area contributed by atoms with Crippen LogP contribution in [0.25, 0.3) is 0 Å². The third-order valence-electron chi connectivity index (χ3n) is 4.38. The fourth-order valence-electron chi connectivity index (χ4n) is 2.71. The Balaban J connectivity index is 1.67. The highest BCUT2D eigenvalue weighted by atomic mass is 16.1. The lowest BCUT2D eigenvalue weighted by Crippen LogP contribution is -2.27. The molecule has 3 nitrogen and oxygen atoms in total. The zero-order valence-corrected chi connectivity index (χ0v) is 13.1. The van der Waals surface area contributed by atoms with Crippen LogP contribution in [0.2, 0.25) is 0 Å². The summed E-state index contributed by atoms with van der Waals surface area (Å²) in [6.07, 6.45) is 3.23. The minimum absolute atomic E-state index is 0.154. The number of carbonyl (C=O) groups excluding carboxylic acids is 1. The Hall–Kier alpha value is -2.29. The molecule has 3 heteroatoms. The molecule has 0 heterocycles. The molecule has 0 bridgehead atoms. The highest BCUT2D eigenvalue weighted by molar-refractivity contribution is 5.93. The summed E-state index contributed by atoms with van der Waals surface area (Å²) in [5.41, 5.74) is 5.49. The summed E-state index contributed by atoms with van der Waals surface area (Å²) in [6, 6.07) is 14.2. The molecule has 1 fully saturated rings. The van der Waals surface area contributed by atoms with Crippen LogP contribution in [0.1, 0.15) is 30.4 Å². The van der Waals surface area contributed by atoms with Crippen LogP contribution in [0.4, 0.5) is 17.1 Å². The van der Waals surface area contributed by atoms with Gasteiger partial charge in [0.25, 0.3) is 0 Å². The summed E-state index contributed by atoms with van der Waals surface area (Å²) in [5, 5.41) is 6.44. The minimum atomic E-state index is 0.154. The molecule has 114 valence electrons. The summed E-state index contributed by atoms with van der Waals surface area (Å²) in [7, 11) is 0. The van der Waals surface area contributed by atoms with Gasteiger partial charge < -0.3 is 10.6 Å². The Bertz CT molecular complexity index is 652. The number of rotatable bonds is 4. The lowest BCUT2D eigenvalue weighted by Gasteiger charge is -2.24. The number of amides is 1. The van der Waals surface area contributed by atoms with Crippen LogP contribution < -0.4 is 10.6 Å². The quantitative estimate of drug-likeness (QED) is 0.851. The average Bonchev–Trinajstić information content (AvgIpc) is 2.43. The first kappa shape index (κ1) is 14.6. The topological polar surface area (TPSA) is 41.1 Å². The number of carbonyl (C=O) groups is 1. The SMILES string of the molecule is Cc1cccc(C)c1Nc1ccc(NC(=O)C2CCC2)cc1. The van der Waals surface area contributed by atoms with Gasteiger partial charge in [-0.3, -0.25) is 4.79 Å². The number of nitrogens with one attached hydrogen (secondary N) is 2. The van der Waals surface area contributed by atoms with Gasteiger partial charge in [0.15, 0.2) is 0 Å². The Morgan fingerprint density at radius 3 is 2.09 bits per heavy atom. The Morgan fingerprint density at radius 1 is 0.955 bits per heavy atom. The number of anilines is 3. The van der Waals surface area contributed by atoms with Gasteiger partial charge in [0, 0.05) is 23.0 Å². The molecule has 3 rings (SSSR count). The standard InChI is InChI=1S/C19H22N2O/c1-13-5-3-6-14(2)18(13)20-16-9-11-17(12-10-16)21-19(22)15-7-4-8-15/h3,5-6,9-12,15,20H,4,7-8H2,1-2H3,(H,21,22). The first-order chi connectivity index (χ1) is 10.6. The van der Waals surface area contributed by atoms with Crippen molar-refractivity contribution in [3.8, 4) is 0 Å². The van der Waals surface area contributed by atoms with Crippen molar-refractivity contribution in [1.29, 1.82) is 0 Å². The van der Waals surface area contributed by atoms with E-state index < -0.39 is 0 Å². The van der Waals surface area contributed by atoms with Crippen LogP contribution >= 0.6 is 0 Å². The van der Waals surface area contributed by atoms with Crippen LogP contribution in [-0.2, 0) is 4.79 Å². The van der Waals surface area contributed by atoms with Crippen molar-refractivity contribution in [2.24, 2.45) is 5.92 Å². The van der Waals surface area contributed by atoms with Crippen molar-refractivity contribution in [3.05, 3.63) is 53.6 Å². The van der Waals surface area contributed by atoms with Gasteiger partial charge in [0.2, 0.25) is 5.91 Å². The minimum Gasteiger partial charge on any atom is -0.355 e. The number of para-hydroxylation sites is 1. The van der Waals surface area contributed by atoms with E-state index in [2.05, 4.69) is 42.7 Å². The molecule has 0 aromatic heterocycles. The summed E-state index contributed by atoms with van der Waals surface area (Å²) >= 11 is 0. The molecule has 0 radical (unpaired) electrons. The van der Waals surface area contributed by atoms with Gasteiger partial charge in [-0.15, -0.1) is 0 Å². The maximum absolute atomic E-state index is 11.9. The average molecular weight is 294 g/mol. The first-order valence-corrected chi connectivity index (χ1v) is 7.87. The zero-order valence-electron chi connectivity index (χ0n) is 13.1. The smallest absolute Gasteiger partial charge is 0.227 e. The maximum Gasteiger partial charge on any atom is 0.227 e. The van der Waals surface area contributed by atoms with Crippen LogP contribution in [0.3, 0.4) is 0 Å². The molecule has 0 spiro atoms. The molecule has 2 aromatic rings. The Labute approximate surface area is 131 Å². The normalized spacial score (nSPS) is 14.3. The van der Waals surface area contributed by atoms with Gasteiger partial charge in [-0.05, 0) is 62.1 Å². The molecule has 0 saturated heterocycles. The van der Waals surface area contributed by atoms with Gasteiger partial charge in [-0.2, -0.15) is 0 Å². The second-order valence-electron chi connectivity index (χ2n) is 6.09. The third-order valence-corrected chi connectivity index (χ3v) is 4.38. The van der Waals surface area contributed by atoms with E-state index in [1.165, 1.54) is 17.5 Å². The Morgan fingerprint density at radius 2 is 1.55 bits per heavy atom. The van der Waals surface area contributed by atoms with Gasteiger partial charge in [0.1, 0.15) is 0 Å². The second-order valence-corrected chi connectivity index (χ2v) is 6.09. The molecule has 1 amide bonds. The number of hydrogen-bond donors (Lipinski definition) is 2. The molecule has 0 atom stereocenters. The molecule has 0 unspecified atom stereocenters. The maximum atomic E-state index is 11.9. The number of benzene rings is 2. The Kier molecular flexibility index (Phi) is 4.14. The molecule has 2 N–H and O–H groups in total. The lowest BCUT2D eigenvalue weighted by atomic mass is 9.85. The van der Waals surface area contributed by atoms with E-state index >= 15 is 0 Å². The van der Waals surface area contributed by atoms with E-state index in [-0.39, 0.29) is 11.8 Å². The molecule has 1 saturated carbocycles. The van der Waals surface area contributed by atoms with E-state index in [9.17, 15) is 4.79 Å². The molecule has 2 aromatic carbocycles. The second kappa shape index (κ2) is 6.22. The fraction of sp³-hybridized carbons (Fsp3) is 0.316. The highest BCUT2D eigenvalue weighted by Crippen LogP contribution is 2.28. The largest absolute Gasteiger partial charge is 0.355 e. The fourth-order valence-corrected chi connectivity index (χ4v) is 2.71. The molecular weight excluding hydrogens is 272 g/mol. The lowest BCUT2D eigenvalue weighted by molar-refractivity contribution is -0.122. The van der Waals surface area contributed by atoms with Crippen molar-refractivity contribution in [2.45, 2.75) is 33.1 Å². The van der Waals surface area contributed by atoms with Gasteiger partial charge >= 0.3 is 0 Å². The van der Waals surface area contributed by atoms with E-state index in [4.69, 9.17) is 0 Å². The summed E-state index contributed by atoms with van der Waals surface area (Å²) < 4.78 is 0. The van der Waals surface area contributed by atoms with Gasteiger partial charge in [-0.25, -0.2) is 0 Å². The van der Waals surface area contributed by atoms with Crippen LogP contribution in [0.15, 0.2) is 42.5 Å². The van der Waals surface area contributed by atoms with Crippen LogP contribution in [0, 0.1) is 19.8 Å². The highest BCUT2D eigenvalue weighted by Gasteiger charge is 2.24. The van der Waals surface area contributed by atoms with Crippen molar-refractivity contribution in [2.75, 3.05) is 10.6 Å². The summed E-state index contributed by atoms with van der Waals surface area (Å²) in [6.45, 7) is 4.20. The van der Waals surface area contributed by atoms with Crippen LogP contribution in [-0.4, -0.2) is 5.91 Å². The monoisotopic (exact) mass is 294 g/mol. The van der Waals surface area contributed by atoms with E-state index in [1.54, 1.807) is 0 Å². The van der Waals surface area contributed by atoms with Gasteiger partial charge in [0.05, 0.1) is 0 Å². The van der Waals surface area contributed by atoms with Crippen molar-refractivity contribution < 1.29 is 4.79 Å². The van der Waals surface area contributed by atoms with Crippen molar-refractivity contribution in [3.63, 3.8) is 0 Å². The predicted molar refractivity (Wildman–Crippen MR) is 91.6 cm³/mol. The van der Waals surface area contributed by atoms with E-state index in [1.807, 2.05) is 24.3 Å². The van der Waals surface area contributed by atoms with Gasteiger partial charge in [-0.1, -0.05) is 24.6 Å². The molecular formula is C19H22N2O.